The van der Waals surface area contributed by atoms with Gasteiger partial charge in [-0.15, -0.1) is 0 Å². The van der Waals surface area contributed by atoms with Crippen LogP contribution in [0.4, 0.5) is 0 Å². The second-order valence-corrected chi connectivity index (χ2v) is 4.45. The van der Waals surface area contributed by atoms with Crippen molar-refractivity contribution in [2.75, 3.05) is 26.7 Å². The van der Waals surface area contributed by atoms with Crippen LogP contribution < -0.4 is 4.74 Å². The normalized spacial score (nSPS) is 12.2. The Bertz CT molecular complexity index is 401. The number of benzene rings is 1. The van der Waals surface area contributed by atoms with Gasteiger partial charge in [0.2, 0.25) is 0 Å². The zero-order chi connectivity index (χ0) is 13.4. The summed E-state index contributed by atoms with van der Waals surface area (Å²) >= 11 is 0. The number of aliphatic hydroxyl groups excluding tert-OH is 1. The van der Waals surface area contributed by atoms with E-state index >= 15 is 0 Å². The third-order valence-corrected chi connectivity index (χ3v) is 2.56. The summed E-state index contributed by atoms with van der Waals surface area (Å²) in [7, 11) is 1.88. The first-order chi connectivity index (χ1) is 8.61. The summed E-state index contributed by atoms with van der Waals surface area (Å²) in [6.45, 7) is 3.44. The van der Waals surface area contributed by atoms with Crippen molar-refractivity contribution >= 4 is 0 Å². The molecule has 98 valence electrons. The molecule has 0 aliphatic heterocycles. The summed E-state index contributed by atoms with van der Waals surface area (Å²) in [6.07, 6.45) is -0.0729. The van der Waals surface area contributed by atoms with Crippen LogP contribution >= 0.6 is 0 Å². The minimum atomic E-state index is -0.547. The fraction of sp³-hybridized carbons (Fsp3) is 0.500. The standard InChI is InChI=1S/C14H20N2O2/c1-12-5-3-6-14(9-12)18-11-13(17)10-16(2)8-4-7-15/h3,5-6,9,13,17H,4,8,10-11H2,1-2H3. The molecule has 1 aromatic rings. The Morgan fingerprint density at radius 2 is 2.28 bits per heavy atom. The Morgan fingerprint density at radius 1 is 1.50 bits per heavy atom. The smallest absolute Gasteiger partial charge is 0.119 e. The third kappa shape index (κ3) is 5.67. The van der Waals surface area contributed by atoms with Crippen LogP contribution in [0.1, 0.15) is 12.0 Å². The first kappa shape index (κ1) is 14.5. The number of rotatable bonds is 7. The monoisotopic (exact) mass is 248 g/mol. The summed E-state index contributed by atoms with van der Waals surface area (Å²) < 4.78 is 5.51. The van der Waals surface area contributed by atoms with Crippen molar-refractivity contribution in [1.29, 1.82) is 5.26 Å². The van der Waals surface area contributed by atoms with Gasteiger partial charge in [0.1, 0.15) is 18.5 Å². The molecule has 1 aromatic carbocycles. The van der Waals surface area contributed by atoms with E-state index < -0.39 is 6.10 Å². The molecule has 4 heteroatoms. The number of ether oxygens (including phenoxy) is 1. The second-order valence-electron chi connectivity index (χ2n) is 4.45. The number of hydrogen-bond acceptors (Lipinski definition) is 4. The Labute approximate surface area is 108 Å². The topological polar surface area (TPSA) is 56.5 Å². The zero-order valence-corrected chi connectivity index (χ0v) is 11.0. The van der Waals surface area contributed by atoms with Crippen molar-refractivity contribution in [1.82, 2.24) is 4.90 Å². The summed E-state index contributed by atoms with van der Waals surface area (Å²) in [6, 6.07) is 9.82. The summed E-state index contributed by atoms with van der Waals surface area (Å²) in [5, 5.41) is 18.3. The number of aryl methyl sites for hydroxylation is 1. The van der Waals surface area contributed by atoms with Gasteiger partial charge in [0.05, 0.1) is 6.07 Å². The highest BCUT2D eigenvalue weighted by Gasteiger charge is 2.08. The molecular weight excluding hydrogens is 228 g/mol. The van der Waals surface area contributed by atoms with Gasteiger partial charge in [-0.3, -0.25) is 0 Å². The molecule has 0 heterocycles. The van der Waals surface area contributed by atoms with E-state index in [1.54, 1.807) is 0 Å². The Balaban J connectivity index is 2.28. The zero-order valence-electron chi connectivity index (χ0n) is 11.0. The van der Waals surface area contributed by atoms with E-state index in [-0.39, 0.29) is 6.61 Å². The molecule has 1 atom stereocenters. The molecule has 1 unspecified atom stereocenters. The van der Waals surface area contributed by atoms with E-state index in [4.69, 9.17) is 10.00 Å². The van der Waals surface area contributed by atoms with Crippen LogP contribution in [0.2, 0.25) is 0 Å². The average molecular weight is 248 g/mol. The largest absolute Gasteiger partial charge is 0.491 e. The fourth-order valence-electron chi connectivity index (χ4n) is 1.64. The molecule has 0 amide bonds. The summed E-state index contributed by atoms with van der Waals surface area (Å²) in [4.78, 5) is 1.92. The van der Waals surface area contributed by atoms with Crippen LogP contribution in [-0.4, -0.2) is 42.9 Å². The molecule has 4 nitrogen and oxygen atoms in total. The molecule has 0 spiro atoms. The van der Waals surface area contributed by atoms with Crippen molar-refractivity contribution in [3.63, 3.8) is 0 Å². The van der Waals surface area contributed by atoms with Crippen LogP contribution in [0.3, 0.4) is 0 Å². The van der Waals surface area contributed by atoms with Gasteiger partial charge >= 0.3 is 0 Å². The molecule has 0 aromatic heterocycles. The van der Waals surface area contributed by atoms with Crippen molar-refractivity contribution in [3.8, 4) is 11.8 Å². The van der Waals surface area contributed by atoms with Gasteiger partial charge in [0.15, 0.2) is 0 Å². The van der Waals surface area contributed by atoms with Gasteiger partial charge in [0.25, 0.3) is 0 Å². The number of aliphatic hydroxyl groups is 1. The van der Waals surface area contributed by atoms with Gasteiger partial charge in [-0.05, 0) is 31.7 Å². The van der Waals surface area contributed by atoms with Crippen molar-refractivity contribution in [3.05, 3.63) is 29.8 Å². The Hall–Kier alpha value is -1.57. The van der Waals surface area contributed by atoms with Crippen molar-refractivity contribution in [2.45, 2.75) is 19.4 Å². The van der Waals surface area contributed by atoms with E-state index in [0.29, 0.717) is 19.5 Å². The lowest BCUT2D eigenvalue weighted by Crippen LogP contribution is -2.33. The lowest BCUT2D eigenvalue weighted by atomic mass is 10.2. The van der Waals surface area contributed by atoms with Crippen LogP contribution in [0.15, 0.2) is 24.3 Å². The SMILES string of the molecule is Cc1cccc(OCC(O)CN(C)CCC#N)c1. The van der Waals surface area contributed by atoms with Crippen molar-refractivity contribution < 1.29 is 9.84 Å². The summed E-state index contributed by atoms with van der Waals surface area (Å²) in [5.41, 5.74) is 1.13. The van der Waals surface area contributed by atoms with E-state index in [0.717, 1.165) is 11.3 Å². The van der Waals surface area contributed by atoms with Crippen molar-refractivity contribution in [2.24, 2.45) is 0 Å². The predicted molar refractivity (Wildman–Crippen MR) is 70.4 cm³/mol. The molecule has 0 aliphatic carbocycles. The number of nitrogens with zero attached hydrogens (tertiary/aromatic N) is 2. The highest BCUT2D eigenvalue weighted by Crippen LogP contribution is 2.12. The maximum atomic E-state index is 9.80. The van der Waals surface area contributed by atoms with E-state index in [9.17, 15) is 5.11 Å². The molecule has 1 N–H and O–H groups in total. The number of hydrogen-bond donors (Lipinski definition) is 1. The number of nitriles is 1. The number of likely N-dealkylation sites (N-methyl/N-ethyl adjacent to an activating group) is 1. The molecule has 0 bridgehead atoms. The average Bonchev–Trinajstić information content (AvgIpc) is 2.34. The van der Waals surface area contributed by atoms with E-state index in [1.165, 1.54) is 0 Å². The van der Waals surface area contributed by atoms with E-state index in [1.807, 2.05) is 43.1 Å². The molecule has 18 heavy (non-hydrogen) atoms. The molecule has 1 rings (SSSR count). The highest BCUT2D eigenvalue weighted by molar-refractivity contribution is 5.27. The molecule has 0 saturated carbocycles. The third-order valence-electron chi connectivity index (χ3n) is 2.56. The fourth-order valence-corrected chi connectivity index (χ4v) is 1.64. The Kier molecular flexibility index (Phi) is 6.20. The molecular formula is C14H20N2O2. The van der Waals surface area contributed by atoms with Crippen LogP contribution in [0, 0.1) is 18.3 Å². The van der Waals surface area contributed by atoms with Crippen LogP contribution in [0.5, 0.6) is 5.75 Å². The quantitative estimate of drug-likeness (QED) is 0.796. The molecule has 0 saturated heterocycles. The van der Waals surface area contributed by atoms with E-state index in [2.05, 4.69) is 6.07 Å². The van der Waals surface area contributed by atoms with Crippen LogP contribution in [-0.2, 0) is 0 Å². The van der Waals surface area contributed by atoms with Crippen LogP contribution in [0.25, 0.3) is 0 Å². The van der Waals surface area contributed by atoms with Gasteiger partial charge in [-0.25, -0.2) is 0 Å². The maximum Gasteiger partial charge on any atom is 0.119 e. The second kappa shape index (κ2) is 7.70. The maximum absolute atomic E-state index is 9.80. The minimum Gasteiger partial charge on any atom is -0.491 e. The first-order valence-corrected chi connectivity index (χ1v) is 6.05. The van der Waals surface area contributed by atoms with Gasteiger partial charge in [-0.2, -0.15) is 5.26 Å². The molecule has 0 fully saturated rings. The predicted octanol–water partition coefficient (Wildman–Crippen LogP) is 1.58. The highest BCUT2D eigenvalue weighted by atomic mass is 16.5. The summed E-state index contributed by atoms with van der Waals surface area (Å²) in [5.74, 6) is 0.772. The van der Waals surface area contributed by atoms with Gasteiger partial charge in [0, 0.05) is 19.5 Å². The van der Waals surface area contributed by atoms with Gasteiger partial charge < -0.3 is 14.7 Å². The lowest BCUT2D eigenvalue weighted by Gasteiger charge is -2.19. The Morgan fingerprint density at radius 3 is 2.94 bits per heavy atom. The minimum absolute atomic E-state index is 0.264. The van der Waals surface area contributed by atoms with Gasteiger partial charge in [-0.1, -0.05) is 12.1 Å². The molecule has 0 aliphatic rings. The lowest BCUT2D eigenvalue weighted by molar-refractivity contribution is 0.0769. The molecule has 0 radical (unpaired) electrons. The first-order valence-electron chi connectivity index (χ1n) is 6.05.